The minimum Gasteiger partial charge on any atom is -0.494 e. The Labute approximate surface area is 130 Å². The zero-order chi connectivity index (χ0) is 15.6. The van der Waals surface area contributed by atoms with Gasteiger partial charge in [0.25, 0.3) is 10.0 Å². The van der Waals surface area contributed by atoms with Gasteiger partial charge in [0.2, 0.25) is 0 Å². The van der Waals surface area contributed by atoms with E-state index >= 15 is 0 Å². The standard InChI is InChI=1S/C13H12BrFN2O3S/c1-20-12-7-9(3-4-11(12)15)17-21(18,19)13-5-2-8(16)6-10(13)14/h2-7,17H,16H2,1H3. The number of rotatable bonds is 4. The SMILES string of the molecule is COc1cc(NS(=O)(=O)c2ccc(N)cc2Br)ccc1F. The number of methoxy groups -OCH3 is 1. The topological polar surface area (TPSA) is 81.4 Å². The van der Waals surface area contributed by atoms with E-state index in [9.17, 15) is 12.8 Å². The van der Waals surface area contributed by atoms with Crippen LogP contribution in [0.3, 0.4) is 0 Å². The van der Waals surface area contributed by atoms with Crippen LogP contribution in [-0.4, -0.2) is 15.5 Å². The maximum atomic E-state index is 13.3. The van der Waals surface area contributed by atoms with Gasteiger partial charge in [0.1, 0.15) is 4.90 Å². The monoisotopic (exact) mass is 374 g/mol. The normalized spacial score (nSPS) is 11.2. The highest BCUT2D eigenvalue weighted by Crippen LogP contribution is 2.28. The number of halogens is 2. The molecule has 2 aromatic rings. The molecule has 0 amide bonds. The Balaban J connectivity index is 2.37. The molecule has 0 saturated heterocycles. The molecule has 0 saturated carbocycles. The molecule has 0 bridgehead atoms. The highest BCUT2D eigenvalue weighted by atomic mass is 79.9. The van der Waals surface area contributed by atoms with Gasteiger partial charge in [-0.05, 0) is 46.3 Å². The van der Waals surface area contributed by atoms with Crippen LogP contribution in [0.2, 0.25) is 0 Å². The fourth-order valence-corrected chi connectivity index (χ4v) is 3.81. The van der Waals surface area contributed by atoms with Crippen molar-refractivity contribution in [2.45, 2.75) is 4.90 Å². The second-order valence-electron chi connectivity index (χ2n) is 4.14. The number of ether oxygens (including phenoxy) is 1. The van der Waals surface area contributed by atoms with Crippen LogP contribution >= 0.6 is 15.9 Å². The summed E-state index contributed by atoms with van der Waals surface area (Å²) in [5, 5.41) is 0. The molecule has 112 valence electrons. The van der Waals surface area contributed by atoms with E-state index in [1.165, 1.54) is 37.4 Å². The second kappa shape index (κ2) is 5.90. The minimum absolute atomic E-state index is 0.0278. The molecule has 0 atom stereocenters. The van der Waals surface area contributed by atoms with Gasteiger partial charge in [-0.2, -0.15) is 0 Å². The third-order valence-corrected chi connectivity index (χ3v) is 5.01. The molecule has 0 fully saturated rings. The fourth-order valence-electron chi connectivity index (χ4n) is 1.67. The third-order valence-electron chi connectivity index (χ3n) is 2.65. The van der Waals surface area contributed by atoms with Crippen molar-refractivity contribution in [3.8, 4) is 5.75 Å². The number of nitrogens with two attached hydrogens (primary N) is 1. The minimum atomic E-state index is -3.83. The van der Waals surface area contributed by atoms with E-state index in [0.717, 1.165) is 6.07 Å². The Hall–Kier alpha value is -1.80. The summed E-state index contributed by atoms with van der Waals surface area (Å²) in [5.74, 6) is -0.624. The Bertz CT molecular complexity index is 781. The van der Waals surface area contributed by atoms with Gasteiger partial charge >= 0.3 is 0 Å². The summed E-state index contributed by atoms with van der Waals surface area (Å²) < 4.78 is 45.4. The summed E-state index contributed by atoms with van der Waals surface area (Å²) in [5.41, 5.74) is 6.20. The molecule has 3 N–H and O–H groups in total. The van der Waals surface area contributed by atoms with Crippen LogP contribution < -0.4 is 15.2 Å². The Morgan fingerprint density at radius 2 is 1.95 bits per heavy atom. The highest BCUT2D eigenvalue weighted by molar-refractivity contribution is 9.10. The van der Waals surface area contributed by atoms with Gasteiger partial charge in [-0.1, -0.05) is 0 Å². The number of hydrogen-bond acceptors (Lipinski definition) is 4. The zero-order valence-electron chi connectivity index (χ0n) is 10.9. The van der Waals surface area contributed by atoms with Crippen molar-refractivity contribution in [3.05, 3.63) is 46.7 Å². The van der Waals surface area contributed by atoms with Gasteiger partial charge in [0.15, 0.2) is 11.6 Å². The molecule has 5 nitrogen and oxygen atoms in total. The number of hydrogen-bond donors (Lipinski definition) is 2. The zero-order valence-corrected chi connectivity index (χ0v) is 13.3. The maximum Gasteiger partial charge on any atom is 0.263 e. The molecule has 0 aliphatic rings. The van der Waals surface area contributed by atoms with E-state index in [2.05, 4.69) is 20.7 Å². The van der Waals surface area contributed by atoms with E-state index in [1.807, 2.05) is 0 Å². The second-order valence-corrected chi connectivity index (χ2v) is 6.65. The van der Waals surface area contributed by atoms with Crippen molar-refractivity contribution >= 4 is 37.3 Å². The van der Waals surface area contributed by atoms with Crippen LogP contribution in [0.5, 0.6) is 5.75 Å². The summed E-state index contributed by atoms with van der Waals surface area (Å²) >= 11 is 3.15. The molecule has 0 aliphatic heterocycles. The van der Waals surface area contributed by atoms with Crippen molar-refractivity contribution in [2.24, 2.45) is 0 Å². The number of sulfonamides is 1. The van der Waals surface area contributed by atoms with Crippen LogP contribution in [0.15, 0.2) is 45.8 Å². The first-order chi connectivity index (χ1) is 9.83. The van der Waals surface area contributed by atoms with Crippen LogP contribution in [0, 0.1) is 5.82 Å². The summed E-state index contributed by atoms with van der Waals surface area (Å²) in [6.07, 6.45) is 0. The predicted octanol–water partition coefficient (Wildman–Crippen LogP) is 2.98. The Morgan fingerprint density at radius 3 is 2.57 bits per heavy atom. The summed E-state index contributed by atoms with van der Waals surface area (Å²) in [4.78, 5) is 0.0278. The number of benzene rings is 2. The summed E-state index contributed by atoms with van der Waals surface area (Å²) in [6, 6.07) is 8.03. The molecule has 0 aromatic heterocycles. The maximum absolute atomic E-state index is 13.3. The third kappa shape index (κ3) is 3.45. The number of nitrogen functional groups attached to an aromatic ring is 1. The summed E-state index contributed by atoms with van der Waals surface area (Å²) in [7, 11) is -2.53. The molecule has 21 heavy (non-hydrogen) atoms. The quantitative estimate of drug-likeness (QED) is 0.806. The lowest BCUT2D eigenvalue weighted by atomic mass is 10.3. The lowest BCUT2D eigenvalue weighted by molar-refractivity contribution is 0.387. The average Bonchev–Trinajstić information content (AvgIpc) is 2.40. The lowest BCUT2D eigenvalue weighted by Gasteiger charge is -2.11. The molecule has 2 rings (SSSR count). The van der Waals surface area contributed by atoms with Crippen molar-refractivity contribution < 1.29 is 17.5 Å². The first kappa shape index (κ1) is 15.6. The molecular weight excluding hydrogens is 363 g/mol. The molecule has 0 radical (unpaired) electrons. The molecule has 0 aliphatic carbocycles. The van der Waals surface area contributed by atoms with E-state index in [4.69, 9.17) is 10.5 Å². The highest BCUT2D eigenvalue weighted by Gasteiger charge is 2.18. The molecule has 2 aromatic carbocycles. The van der Waals surface area contributed by atoms with E-state index < -0.39 is 15.8 Å². The van der Waals surface area contributed by atoms with Crippen LogP contribution in [0.25, 0.3) is 0 Å². The van der Waals surface area contributed by atoms with Crippen molar-refractivity contribution in [1.29, 1.82) is 0 Å². The van der Waals surface area contributed by atoms with Crippen LogP contribution in [0.4, 0.5) is 15.8 Å². The smallest absolute Gasteiger partial charge is 0.263 e. The van der Waals surface area contributed by atoms with Crippen LogP contribution in [-0.2, 0) is 10.0 Å². The van der Waals surface area contributed by atoms with Crippen LogP contribution in [0.1, 0.15) is 0 Å². The van der Waals surface area contributed by atoms with Crippen molar-refractivity contribution in [1.82, 2.24) is 0 Å². The van der Waals surface area contributed by atoms with Gasteiger partial charge in [0, 0.05) is 16.2 Å². The van der Waals surface area contributed by atoms with Gasteiger partial charge in [0.05, 0.1) is 12.8 Å². The molecule has 0 unspecified atom stereocenters. The Morgan fingerprint density at radius 1 is 1.24 bits per heavy atom. The summed E-state index contributed by atoms with van der Waals surface area (Å²) in [6.45, 7) is 0. The molecule has 8 heteroatoms. The number of anilines is 2. The van der Waals surface area contributed by atoms with E-state index in [-0.39, 0.29) is 16.3 Å². The van der Waals surface area contributed by atoms with Gasteiger partial charge in [-0.3, -0.25) is 4.72 Å². The average molecular weight is 375 g/mol. The van der Waals surface area contributed by atoms with Gasteiger partial charge in [-0.25, -0.2) is 12.8 Å². The first-order valence-electron chi connectivity index (χ1n) is 5.75. The van der Waals surface area contributed by atoms with Crippen molar-refractivity contribution in [3.63, 3.8) is 0 Å². The van der Waals surface area contributed by atoms with Gasteiger partial charge < -0.3 is 10.5 Å². The molecule has 0 heterocycles. The number of nitrogens with one attached hydrogen (secondary N) is 1. The van der Waals surface area contributed by atoms with Gasteiger partial charge in [-0.15, -0.1) is 0 Å². The largest absolute Gasteiger partial charge is 0.494 e. The van der Waals surface area contributed by atoms with E-state index in [1.54, 1.807) is 0 Å². The lowest BCUT2D eigenvalue weighted by Crippen LogP contribution is -2.13. The molecular formula is C13H12BrFN2O3S. The van der Waals surface area contributed by atoms with Crippen molar-refractivity contribution in [2.75, 3.05) is 17.6 Å². The Kier molecular flexibility index (Phi) is 4.38. The molecule has 0 spiro atoms. The predicted molar refractivity (Wildman–Crippen MR) is 82.3 cm³/mol. The fraction of sp³-hybridized carbons (Fsp3) is 0.0769. The first-order valence-corrected chi connectivity index (χ1v) is 8.02. The van der Waals surface area contributed by atoms with E-state index in [0.29, 0.717) is 10.2 Å².